The molecule has 1 aromatic carbocycles. The Morgan fingerprint density at radius 3 is 3.08 bits per heavy atom. The van der Waals surface area contributed by atoms with Gasteiger partial charge in [0.05, 0.1) is 24.2 Å². The highest BCUT2D eigenvalue weighted by Crippen LogP contribution is 2.31. The predicted molar refractivity (Wildman–Crippen MR) is 100 cm³/mol. The van der Waals surface area contributed by atoms with Crippen LogP contribution in [0, 0.1) is 6.92 Å². The number of hydrogen-bond acceptors (Lipinski definition) is 7. The SMILES string of the molecule is COc1cccc(CN2CCCC(c3nnc(-c4scnc4C)o3)C2)c1. The molecule has 1 fully saturated rings. The number of likely N-dealkylation sites (tertiary alicyclic amines) is 1. The number of hydrogen-bond donors (Lipinski definition) is 0. The van der Waals surface area contributed by atoms with Crippen LogP contribution in [0.15, 0.2) is 34.2 Å². The van der Waals surface area contributed by atoms with E-state index in [-0.39, 0.29) is 5.92 Å². The number of methoxy groups -OCH3 is 1. The van der Waals surface area contributed by atoms with Gasteiger partial charge in [0.15, 0.2) is 0 Å². The van der Waals surface area contributed by atoms with E-state index in [1.165, 1.54) is 16.9 Å². The fourth-order valence-electron chi connectivity index (χ4n) is 3.43. The van der Waals surface area contributed by atoms with Crippen molar-refractivity contribution in [2.75, 3.05) is 20.2 Å². The Balaban J connectivity index is 1.45. The van der Waals surface area contributed by atoms with E-state index in [0.717, 1.165) is 54.7 Å². The molecule has 1 saturated heterocycles. The highest BCUT2D eigenvalue weighted by atomic mass is 32.1. The van der Waals surface area contributed by atoms with Crippen LogP contribution in [-0.4, -0.2) is 40.3 Å². The van der Waals surface area contributed by atoms with Gasteiger partial charge in [-0.3, -0.25) is 4.90 Å². The molecule has 7 heteroatoms. The molecular weight excluding hydrogens is 348 g/mol. The maximum Gasteiger partial charge on any atom is 0.259 e. The van der Waals surface area contributed by atoms with Crippen LogP contribution in [0.25, 0.3) is 10.8 Å². The third-order valence-corrected chi connectivity index (χ3v) is 5.69. The van der Waals surface area contributed by atoms with E-state index >= 15 is 0 Å². The van der Waals surface area contributed by atoms with Crippen molar-refractivity contribution < 1.29 is 9.15 Å². The Bertz CT molecular complexity index is 876. The molecule has 6 nitrogen and oxygen atoms in total. The van der Waals surface area contributed by atoms with Gasteiger partial charge in [0.2, 0.25) is 5.89 Å². The minimum absolute atomic E-state index is 0.281. The second-order valence-electron chi connectivity index (χ2n) is 6.64. The molecule has 1 aliphatic heterocycles. The Morgan fingerprint density at radius 1 is 1.35 bits per heavy atom. The lowest BCUT2D eigenvalue weighted by Crippen LogP contribution is -2.34. The summed E-state index contributed by atoms with van der Waals surface area (Å²) < 4.78 is 11.3. The Hall–Kier alpha value is -2.25. The Labute approximate surface area is 156 Å². The van der Waals surface area contributed by atoms with Crippen LogP contribution in [0.3, 0.4) is 0 Å². The molecular formula is C19H22N4O2S. The first-order valence-corrected chi connectivity index (χ1v) is 9.70. The molecule has 0 radical (unpaired) electrons. The minimum Gasteiger partial charge on any atom is -0.497 e. The zero-order valence-electron chi connectivity index (χ0n) is 15.0. The lowest BCUT2D eigenvalue weighted by atomic mass is 9.97. The summed E-state index contributed by atoms with van der Waals surface area (Å²) in [6.45, 7) is 4.89. The van der Waals surface area contributed by atoms with Gasteiger partial charge >= 0.3 is 0 Å². The molecule has 3 heterocycles. The smallest absolute Gasteiger partial charge is 0.259 e. The second kappa shape index (κ2) is 7.55. The van der Waals surface area contributed by atoms with E-state index in [9.17, 15) is 0 Å². The molecule has 0 amide bonds. The lowest BCUT2D eigenvalue weighted by Gasteiger charge is -2.31. The van der Waals surface area contributed by atoms with Crippen molar-refractivity contribution in [3.63, 3.8) is 0 Å². The van der Waals surface area contributed by atoms with Gasteiger partial charge in [-0.1, -0.05) is 12.1 Å². The van der Waals surface area contributed by atoms with E-state index in [4.69, 9.17) is 9.15 Å². The van der Waals surface area contributed by atoms with Crippen molar-refractivity contribution in [3.8, 4) is 16.5 Å². The van der Waals surface area contributed by atoms with Crippen molar-refractivity contribution in [3.05, 3.63) is 46.9 Å². The summed E-state index contributed by atoms with van der Waals surface area (Å²) in [6, 6.07) is 8.26. The number of aryl methyl sites for hydroxylation is 1. The lowest BCUT2D eigenvalue weighted by molar-refractivity contribution is 0.186. The van der Waals surface area contributed by atoms with Crippen molar-refractivity contribution in [2.24, 2.45) is 0 Å². The first-order chi connectivity index (χ1) is 12.7. The summed E-state index contributed by atoms with van der Waals surface area (Å²) in [5.74, 6) is 2.51. The van der Waals surface area contributed by atoms with E-state index in [1.807, 2.05) is 24.6 Å². The maximum atomic E-state index is 5.98. The fourth-order valence-corrected chi connectivity index (χ4v) is 4.15. The van der Waals surface area contributed by atoms with Crippen LogP contribution in [0.1, 0.15) is 35.9 Å². The number of piperidine rings is 1. The standard InChI is InChI=1S/C19H22N4O2S/c1-13-17(26-12-20-13)19-22-21-18(25-19)15-6-4-8-23(11-15)10-14-5-3-7-16(9-14)24-2/h3,5,7,9,12,15H,4,6,8,10-11H2,1-2H3. The monoisotopic (exact) mass is 370 g/mol. The van der Waals surface area contributed by atoms with Crippen LogP contribution in [0.2, 0.25) is 0 Å². The van der Waals surface area contributed by atoms with Crippen molar-refractivity contribution >= 4 is 11.3 Å². The van der Waals surface area contributed by atoms with Crippen molar-refractivity contribution in [2.45, 2.75) is 32.2 Å². The molecule has 136 valence electrons. The molecule has 1 aliphatic rings. The summed E-state index contributed by atoms with van der Waals surface area (Å²) in [4.78, 5) is 7.67. The number of aromatic nitrogens is 3. The van der Waals surface area contributed by atoms with Gasteiger partial charge < -0.3 is 9.15 Å². The Morgan fingerprint density at radius 2 is 2.27 bits per heavy atom. The molecule has 1 atom stereocenters. The third-order valence-electron chi connectivity index (χ3n) is 4.78. The van der Waals surface area contributed by atoms with Crippen LogP contribution in [-0.2, 0) is 6.54 Å². The summed E-state index contributed by atoms with van der Waals surface area (Å²) >= 11 is 1.54. The molecule has 0 saturated carbocycles. The molecule has 0 aliphatic carbocycles. The average molecular weight is 370 g/mol. The van der Waals surface area contributed by atoms with Gasteiger partial charge in [-0.15, -0.1) is 21.5 Å². The normalized spacial score (nSPS) is 18.2. The van der Waals surface area contributed by atoms with E-state index in [1.54, 1.807) is 7.11 Å². The number of ether oxygens (including phenoxy) is 1. The van der Waals surface area contributed by atoms with Crippen LogP contribution in [0.5, 0.6) is 5.75 Å². The minimum atomic E-state index is 0.281. The highest BCUT2D eigenvalue weighted by Gasteiger charge is 2.26. The van der Waals surface area contributed by atoms with Gasteiger partial charge in [0.1, 0.15) is 10.6 Å². The zero-order chi connectivity index (χ0) is 17.9. The Kier molecular flexibility index (Phi) is 4.99. The summed E-state index contributed by atoms with van der Waals surface area (Å²) in [5, 5.41) is 8.57. The highest BCUT2D eigenvalue weighted by molar-refractivity contribution is 7.13. The molecule has 0 bridgehead atoms. The molecule has 2 aromatic heterocycles. The van der Waals surface area contributed by atoms with Gasteiger partial charge in [-0.25, -0.2) is 4.98 Å². The summed E-state index contributed by atoms with van der Waals surface area (Å²) in [6.07, 6.45) is 2.21. The first kappa shape index (κ1) is 17.2. The molecule has 0 N–H and O–H groups in total. The van der Waals surface area contributed by atoms with E-state index in [2.05, 4.69) is 32.2 Å². The van der Waals surface area contributed by atoms with Crippen LogP contribution >= 0.6 is 11.3 Å². The molecule has 26 heavy (non-hydrogen) atoms. The van der Waals surface area contributed by atoms with E-state index < -0.39 is 0 Å². The molecule has 3 aromatic rings. The van der Waals surface area contributed by atoms with Crippen molar-refractivity contribution in [1.82, 2.24) is 20.1 Å². The van der Waals surface area contributed by atoms with Gasteiger partial charge in [0, 0.05) is 13.1 Å². The number of benzene rings is 1. The number of rotatable bonds is 5. The molecule has 4 rings (SSSR count). The third kappa shape index (κ3) is 3.64. The van der Waals surface area contributed by atoms with Gasteiger partial charge in [0.25, 0.3) is 5.89 Å². The fraction of sp³-hybridized carbons (Fsp3) is 0.421. The topological polar surface area (TPSA) is 64.3 Å². The molecule has 0 spiro atoms. The molecule has 1 unspecified atom stereocenters. The van der Waals surface area contributed by atoms with E-state index in [0.29, 0.717) is 5.89 Å². The number of thiazole rings is 1. The van der Waals surface area contributed by atoms with Crippen LogP contribution in [0.4, 0.5) is 0 Å². The first-order valence-electron chi connectivity index (χ1n) is 8.82. The van der Waals surface area contributed by atoms with Crippen molar-refractivity contribution in [1.29, 1.82) is 0 Å². The maximum absolute atomic E-state index is 5.98. The predicted octanol–water partition coefficient (Wildman–Crippen LogP) is 3.89. The summed E-state index contributed by atoms with van der Waals surface area (Å²) in [7, 11) is 1.70. The van der Waals surface area contributed by atoms with Gasteiger partial charge in [-0.2, -0.15) is 0 Å². The number of nitrogens with zero attached hydrogens (tertiary/aromatic N) is 4. The van der Waals surface area contributed by atoms with Gasteiger partial charge in [-0.05, 0) is 44.0 Å². The second-order valence-corrected chi connectivity index (χ2v) is 7.49. The van der Waals surface area contributed by atoms with Crippen LogP contribution < -0.4 is 4.74 Å². The largest absolute Gasteiger partial charge is 0.497 e. The summed E-state index contributed by atoms with van der Waals surface area (Å²) in [5.41, 5.74) is 4.01. The quantitative estimate of drug-likeness (QED) is 0.679. The average Bonchev–Trinajstić information content (AvgIpc) is 3.31. The zero-order valence-corrected chi connectivity index (χ0v) is 15.8.